The molecular weight excluding hydrogens is 186 g/mol. The summed E-state index contributed by atoms with van der Waals surface area (Å²) in [5.74, 6) is 0.771. The Balaban J connectivity index is 2.43. The molecular formula is C12H23N3. The summed E-state index contributed by atoms with van der Waals surface area (Å²) < 4.78 is 1.98. The van der Waals surface area contributed by atoms with Gasteiger partial charge in [0.05, 0.1) is 11.9 Å². The number of hydrogen-bond donors (Lipinski definition) is 1. The molecule has 0 radical (unpaired) electrons. The van der Waals surface area contributed by atoms with Crippen molar-refractivity contribution in [2.24, 2.45) is 5.92 Å². The molecule has 1 heterocycles. The van der Waals surface area contributed by atoms with Crippen LogP contribution in [0.5, 0.6) is 0 Å². The minimum atomic E-state index is 0.439. The zero-order chi connectivity index (χ0) is 11.3. The summed E-state index contributed by atoms with van der Waals surface area (Å²) in [6.07, 6.45) is 6.46. The topological polar surface area (TPSA) is 29.9 Å². The van der Waals surface area contributed by atoms with Crippen molar-refractivity contribution < 1.29 is 0 Å². The van der Waals surface area contributed by atoms with Gasteiger partial charge in [-0.3, -0.25) is 4.68 Å². The maximum atomic E-state index is 4.30. The van der Waals surface area contributed by atoms with E-state index in [1.807, 2.05) is 10.9 Å². The van der Waals surface area contributed by atoms with Crippen molar-refractivity contribution in [3.63, 3.8) is 0 Å². The summed E-state index contributed by atoms with van der Waals surface area (Å²) in [5, 5.41) is 7.74. The molecule has 0 aliphatic heterocycles. The van der Waals surface area contributed by atoms with Gasteiger partial charge < -0.3 is 5.32 Å². The van der Waals surface area contributed by atoms with Crippen LogP contribution < -0.4 is 5.32 Å². The van der Waals surface area contributed by atoms with Gasteiger partial charge in [-0.25, -0.2) is 0 Å². The Bertz CT molecular complexity index is 274. The molecule has 1 N–H and O–H groups in total. The zero-order valence-corrected chi connectivity index (χ0v) is 10.3. The van der Waals surface area contributed by atoms with Crippen molar-refractivity contribution in [1.29, 1.82) is 0 Å². The lowest BCUT2D eigenvalue weighted by atomic mass is 10.0. The predicted molar refractivity (Wildman–Crippen MR) is 65.2 cm³/mol. The van der Waals surface area contributed by atoms with Gasteiger partial charge in [0.1, 0.15) is 0 Å². The molecule has 15 heavy (non-hydrogen) atoms. The second-order valence-electron chi connectivity index (χ2n) is 4.37. The number of aromatic nitrogens is 2. The molecule has 0 atom stereocenters. The highest BCUT2D eigenvalue weighted by atomic mass is 15.3. The van der Waals surface area contributed by atoms with E-state index in [-0.39, 0.29) is 0 Å². The van der Waals surface area contributed by atoms with Crippen LogP contribution in [-0.4, -0.2) is 16.3 Å². The minimum Gasteiger partial charge on any atom is -0.382 e. The predicted octanol–water partition coefficient (Wildman–Crippen LogP) is 3.31. The normalized spacial score (nSPS) is 11.3. The summed E-state index contributed by atoms with van der Waals surface area (Å²) >= 11 is 0. The molecule has 0 unspecified atom stereocenters. The molecule has 1 aromatic rings. The summed E-state index contributed by atoms with van der Waals surface area (Å²) in [6, 6.07) is 0.439. The molecule has 0 spiro atoms. The number of nitrogens with zero attached hydrogens (tertiary/aromatic N) is 2. The fourth-order valence-electron chi connectivity index (χ4n) is 1.55. The Hall–Kier alpha value is -0.990. The molecule has 0 saturated carbocycles. The fraction of sp³-hybridized carbons (Fsp3) is 0.750. The number of hydrogen-bond acceptors (Lipinski definition) is 2. The third-order valence-electron chi connectivity index (χ3n) is 2.88. The summed E-state index contributed by atoms with van der Waals surface area (Å²) in [5.41, 5.74) is 1.13. The van der Waals surface area contributed by atoms with Crippen LogP contribution in [0.15, 0.2) is 12.4 Å². The monoisotopic (exact) mass is 209 g/mol. The van der Waals surface area contributed by atoms with Gasteiger partial charge in [0.25, 0.3) is 0 Å². The summed E-state index contributed by atoms with van der Waals surface area (Å²) in [4.78, 5) is 0. The van der Waals surface area contributed by atoms with Crippen molar-refractivity contribution in [2.45, 2.75) is 46.6 Å². The van der Waals surface area contributed by atoms with E-state index in [1.54, 1.807) is 0 Å². The lowest BCUT2D eigenvalue weighted by molar-refractivity contribution is 0.518. The van der Waals surface area contributed by atoms with Gasteiger partial charge in [0, 0.05) is 18.8 Å². The Kier molecular flexibility index (Phi) is 4.66. The van der Waals surface area contributed by atoms with Crippen LogP contribution in [0.1, 0.15) is 46.6 Å². The molecule has 0 amide bonds. The van der Waals surface area contributed by atoms with Crippen molar-refractivity contribution in [2.75, 3.05) is 11.9 Å². The Labute approximate surface area is 92.9 Å². The van der Waals surface area contributed by atoms with E-state index in [4.69, 9.17) is 0 Å². The number of anilines is 1. The van der Waals surface area contributed by atoms with Crippen LogP contribution in [0.4, 0.5) is 5.69 Å². The second-order valence-corrected chi connectivity index (χ2v) is 4.37. The van der Waals surface area contributed by atoms with Gasteiger partial charge in [-0.1, -0.05) is 26.7 Å². The van der Waals surface area contributed by atoms with Crippen LogP contribution in [0.2, 0.25) is 0 Å². The first-order chi connectivity index (χ1) is 7.17. The molecule has 0 fully saturated rings. The van der Waals surface area contributed by atoms with Crippen molar-refractivity contribution in [3.05, 3.63) is 12.4 Å². The molecule has 86 valence electrons. The van der Waals surface area contributed by atoms with Gasteiger partial charge >= 0.3 is 0 Å². The Morgan fingerprint density at radius 3 is 2.47 bits per heavy atom. The van der Waals surface area contributed by atoms with Gasteiger partial charge in [-0.15, -0.1) is 0 Å². The Morgan fingerprint density at radius 2 is 2.00 bits per heavy atom. The largest absolute Gasteiger partial charge is 0.382 e. The molecule has 0 aliphatic rings. The average molecular weight is 209 g/mol. The fourth-order valence-corrected chi connectivity index (χ4v) is 1.55. The second kappa shape index (κ2) is 5.79. The number of nitrogens with one attached hydrogen (secondary N) is 1. The van der Waals surface area contributed by atoms with E-state index in [2.05, 4.69) is 44.3 Å². The van der Waals surface area contributed by atoms with Gasteiger partial charge in [-0.05, 0) is 19.8 Å². The lowest BCUT2D eigenvalue weighted by Crippen LogP contribution is -2.12. The van der Waals surface area contributed by atoms with Crippen LogP contribution in [0.25, 0.3) is 0 Å². The van der Waals surface area contributed by atoms with E-state index >= 15 is 0 Å². The highest BCUT2D eigenvalue weighted by molar-refractivity contribution is 5.38. The maximum Gasteiger partial charge on any atom is 0.0726 e. The molecule has 0 aliphatic carbocycles. The number of rotatable bonds is 6. The average Bonchev–Trinajstić information content (AvgIpc) is 2.68. The molecule has 3 heteroatoms. The lowest BCUT2D eigenvalue weighted by Gasteiger charge is -2.12. The first-order valence-electron chi connectivity index (χ1n) is 5.95. The van der Waals surface area contributed by atoms with Crippen LogP contribution in [0.3, 0.4) is 0 Å². The van der Waals surface area contributed by atoms with Crippen molar-refractivity contribution >= 4 is 5.69 Å². The molecule has 0 saturated heterocycles. The van der Waals surface area contributed by atoms with E-state index < -0.39 is 0 Å². The molecule has 1 rings (SSSR count). The van der Waals surface area contributed by atoms with Gasteiger partial charge in [0.15, 0.2) is 0 Å². The van der Waals surface area contributed by atoms with Gasteiger partial charge in [-0.2, -0.15) is 5.10 Å². The smallest absolute Gasteiger partial charge is 0.0726 e. The highest BCUT2D eigenvalue weighted by Crippen LogP contribution is 2.12. The third-order valence-corrected chi connectivity index (χ3v) is 2.88. The van der Waals surface area contributed by atoms with E-state index in [1.165, 1.54) is 12.8 Å². The Morgan fingerprint density at radius 1 is 1.33 bits per heavy atom. The maximum absolute atomic E-state index is 4.30. The molecule has 1 aromatic heterocycles. The van der Waals surface area contributed by atoms with Crippen LogP contribution in [0, 0.1) is 5.92 Å². The first kappa shape index (κ1) is 12.1. The summed E-state index contributed by atoms with van der Waals surface area (Å²) in [6.45, 7) is 9.81. The van der Waals surface area contributed by atoms with Gasteiger partial charge in [0.2, 0.25) is 0 Å². The minimum absolute atomic E-state index is 0.439. The SMILES string of the molecule is CCC(CC)CNc1cnn(C(C)C)c1. The van der Waals surface area contributed by atoms with E-state index in [0.717, 1.165) is 18.2 Å². The first-order valence-corrected chi connectivity index (χ1v) is 5.95. The quantitative estimate of drug-likeness (QED) is 0.779. The van der Waals surface area contributed by atoms with Crippen LogP contribution >= 0.6 is 0 Å². The zero-order valence-electron chi connectivity index (χ0n) is 10.3. The van der Waals surface area contributed by atoms with E-state index in [9.17, 15) is 0 Å². The van der Waals surface area contributed by atoms with E-state index in [0.29, 0.717) is 6.04 Å². The molecule has 3 nitrogen and oxygen atoms in total. The molecule has 0 bridgehead atoms. The third kappa shape index (κ3) is 3.57. The highest BCUT2D eigenvalue weighted by Gasteiger charge is 2.05. The standard InChI is InChI=1S/C12H23N3/c1-5-11(6-2)7-13-12-8-14-15(9-12)10(3)4/h8-11,13H,5-7H2,1-4H3. The molecule has 0 aromatic carbocycles. The van der Waals surface area contributed by atoms with Crippen molar-refractivity contribution in [3.8, 4) is 0 Å². The van der Waals surface area contributed by atoms with Crippen molar-refractivity contribution in [1.82, 2.24) is 9.78 Å². The summed E-state index contributed by atoms with van der Waals surface area (Å²) in [7, 11) is 0. The van der Waals surface area contributed by atoms with Crippen LogP contribution in [-0.2, 0) is 0 Å².